The molecule has 0 saturated heterocycles. The van der Waals surface area contributed by atoms with Crippen molar-refractivity contribution in [3.8, 4) is 5.69 Å². The van der Waals surface area contributed by atoms with Gasteiger partial charge in [-0.25, -0.2) is 4.68 Å². The summed E-state index contributed by atoms with van der Waals surface area (Å²) in [6, 6.07) is 11.1. The minimum atomic E-state index is -4.47. The molecule has 1 heterocycles. The van der Waals surface area contributed by atoms with Crippen molar-refractivity contribution in [3.63, 3.8) is 0 Å². The number of benzene rings is 2. The number of carbonyl (C=O) groups is 1. The van der Waals surface area contributed by atoms with Gasteiger partial charge in [-0.1, -0.05) is 22.9 Å². The maximum Gasteiger partial charge on any atom is 0.416 e. The lowest BCUT2D eigenvalue weighted by Gasteiger charge is -2.09. The maximum absolute atomic E-state index is 12.9. The third kappa shape index (κ3) is 3.70. The molecular weight excluding hydrogens is 369 g/mol. The number of nitrogens with one attached hydrogen (secondary N) is 1. The zero-order valence-electron chi connectivity index (χ0n) is 13.4. The normalized spacial score (nSPS) is 11.4. The van der Waals surface area contributed by atoms with E-state index >= 15 is 0 Å². The van der Waals surface area contributed by atoms with Crippen LogP contribution in [0, 0.1) is 6.92 Å². The quantitative estimate of drug-likeness (QED) is 0.727. The van der Waals surface area contributed by atoms with Crippen LogP contribution in [-0.2, 0) is 6.18 Å². The second-order valence-corrected chi connectivity index (χ2v) is 5.88. The van der Waals surface area contributed by atoms with Crippen molar-refractivity contribution in [2.45, 2.75) is 13.1 Å². The molecule has 0 atom stereocenters. The van der Waals surface area contributed by atoms with E-state index in [-0.39, 0.29) is 11.4 Å². The lowest BCUT2D eigenvalue weighted by molar-refractivity contribution is -0.137. The molecule has 3 aromatic rings. The summed E-state index contributed by atoms with van der Waals surface area (Å²) in [5.74, 6) is -0.525. The van der Waals surface area contributed by atoms with Crippen LogP contribution in [-0.4, -0.2) is 20.9 Å². The molecule has 0 aliphatic rings. The molecule has 26 heavy (non-hydrogen) atoms. The molecule has 0 aliphatic carbocycles. The molecule has 134 valence electrons. The number of hydrogen-bond donors (Lipinski definition) is 1. The summed E-state index contributed by atoms with van der Waals surface area (Å²) >= 11 is 5.79. The monoisotopic (exact) mass is 380 g/mol. The highest BCUT2D eigenvalue weighted by molar-refractivity contribution is 6.30. The molecule has 2 aromatic carbocycles. The van der Waals surface area contributed by atoms with E-state index in [0.717, 1.165) is 12.1 Å². The predicted molar refractivity (Wildman–Crippen MR) is 90.5 cm³/mol. The van der Waals surface area contributed by atoms with E-state index in [9.17, 15) is 18.0 Å². The van der Waals surface area contributed by atoms with Gasteiger partial charge in [-0.05, 0) is 49.4 Å². The summed E-state index contributed by atoms with van der Waals surface area (Å²) in [7, 11) is 0. The standard InChI is InChI=1S/C17H12ClF3N4O/c1-10-15(16(26)22-13-7-5-12(18)6-8-13)23-24-25(10)14-4-2-3-11(9-14)17(19,20)21/h2-9H,1H3,(H,22,26). The highest BCUT2D eigenvalue weighted by Crippen LogP contribution is 2.30. The first-order chi connectivity index (χ1) is 12.3. The van der Waals surface area contributed by atoms with Crippen LogP contribution in [0.4, 0.5) is 18.9 Å². The van der Waals surface area contributed by atoms with E-state index in [1.807, 2.05) is 0 Å². The highest BCUT2D eigenvalue weighted by Gasteiger charge is 2.31. The Balaban J connectivity index is 1.88. The van der Waals surface area contributed by atoms with Crippen molar-refractivity contribution in [2.24, 2.45) is 0 Å². The molecule has 0 saturated carbocycles. The van der Waals surface area contributed by atoms with E-state index in [0.29, 0.717) is 16.4 Å². The summed E-state index contributed by atoms with van der Waals surface area (Å²) < 4.78 is 39.8. The topological polar surface area (TPSA) is 59.8 Å². The molecule has 0 unspecified atom stereocenters. The number of anilines is 1. The molecule has 1 amide bonds. The van der Waals surface area contributed by atoms with Gasteiger partial charge < -0.3 is 5.32 Å². The molecular formula is C17H12ClF3N4O. The van der Waals surface area contributed by atoms with Gasteiger partial charge in [-0.2, -0.15) is 13.2 Å². The van der Waals surface area contributed by atoms with Crippen LogP contribution in [0.15, 0.2) is 48.5 Å². The Morgan fingerprint density at radius 3 is 2.50 bits per heavy atom. The molecule has 0 fully saturated rings. The van der Waals surface area contributed by atoms with E-state index in [1.54, 1.807) is 31.2 Å². The number of amides is 1. The molecule has 1 N–H and O–H groups in total. The zero-order valence-corrected chi connectivity index (χ0v) is 14.1. The van der Waals surface area contributed by atoms with Gasteiger partial charge in [0.15, 0.2) is 5.69 Å². The van der Waals surface area contributed by atoms with Crippen LogP contribution < -0.4 is 5.32 Å². The molecule has 0 bridgehead atoms. The van der Waals surface area contributed by atoms with Crippen molar-refractivity contribution >= 4 is 23.2 Å². The Kier molecular flexibility index (Phi) is 4.69. The molecule has 0 spiro atoms. The first-order valence-corrected chi connectivity index (χ1v) is 7.80. The van der Waals surface area contributed by atoms with Crippen LogP contribution in [0.3, 0.4) is 0 Å². The Hall–Kier alpha value is -2.87. The highest BCUT2D eigenvalue weighted by atomic mass is 35.5. The number of nitrogens with zero attached hydrogens (tertiary/aromatic N) is 3. The Bertz CT molecular complexity index is 951. The van der Waals surface area contributed by atoms with E-state index in [1.165, 1.54) is 16.8 Å². The second kappa shape index (κ2) is 6.80. The molecule has 0 aliphatic heterocycles. The fourth-order valence-corrected chi connectivity index (χ4v) is 2.45. The van der Waals surface area contributed by atoms with Crippen LogP contribution >= 0.6 is 11.6 Å². The molecule has 1 aromatic heterocycles. The fraction of sp³-hybridized carbons (Fsp3) is 0.118. The van der Waals surface area contributed by atoms with Gasteiger partial charge in [0.1, 0.15) is 0 Å². The molecule has 9 heteroatoms. The Morgan fingerprint density at radius 2 is 1.85 bits per heavy atom. The van der Waals surface area contributed by atoms with E-state index in [2.05, 4.69) is 15.6 Å². The van der Waals surface area contributed by atoms with Gasteiger partial charge in [0.25, 0.3) is 5.91 Å². The second-order valence-electron chi connectivity index (χ2n) is 5.44. The SMILES string of the molecule is Cc1c(C(=O)Nc2ccc(Cl)cc2)nnn1-c1cccc(C(F)(F)F)c1. The number of aromatic nitrogens is 3. The number of alkyl halides is 3. The first kappa shape index (κ1) is 17.9. The third-order valence-corrected chi connectivity index (χ3v) is 3.88. The van der Waals surface area contributed by atoms with Gasteiger partial charge >= 0.3 is 6.18 Å². The lowest BCUT2D eigenvalue weighted by Crippen LogP contribution is -2.14. The van der Waals surface area contributed by atoms with E-state index < -0.39 is 17.6 Å². The van der Waals surface area contributed by atoms with Gasteiger partial charge in [0.2, 0.25) is 0 Å². The van der Waals surface area contributed by atoms with Gasteiger partial charge in [0.05, 0.1) is 16.9 Å². The summed E-state index contributed by atoms with van der Waals surface area (Å²) in [5.41, 5.74) is 0.188. The third-order valence-electron chi connectivity index (χ3n) is 3.63. The van der Waals surface area contributed by atoms with Crippen LogP contribution in [0.1, 0.15) is 21.7 Å². The number of rotatable bonds is 3. The van der Waals surface area contributed by atoms with Gasteiger partial charge in [0, 0.05) is 10.7 Å². The minimum Gasteiger partial charge on any atom is -0.321 e. The molecule has 5 nitrogen and oxygen atoms in total. The van der Waals surface area contributed by atoms with Crippen LogP contribution in [0.5, 0.6) is 0 Å². The summed E-state index contributed by atoms with van der Waals surface area (Å²) in [6.45, 7) is 1.55. The van der Waals surface area contributed by atoms with Gasteiger partial charge in [-0.15, -0.1) is 5.10 Å². The minimum absolute atomic E-state index is 0.0114. The van der Waals surface area contributed by atoms with Crippen molar-refractivity contribution in [3.05, 3.63) is 70.5 Å². The average Bonchev–Trinajstić information content (AvgIpc) is 2.98. The first-order valence-electron chi connectivity index (χ1n) is 7.42. The van der Waals surface area contributed by atoms with Crippen LogP contribution in [0.2, 0.25) is 5.02 Å². The number of carbonyl (C=O) groups excluding carboxylic acids is 1. The number of hydrogen-bond acceptors (Lipinski definition) is 3. The smallest absolute Gasteiger partial charge is 0.321 e. The summed E-state index contributed by atoms with van der Waals surface area (Å²) in [4.78, 5) is 12.4. The Labute approximate surface area is 151 Å². The van der Waals surface area contributed by atoms with Crippen molar-refractivity contribution < 1.29 is 18.0 Å². The van der Waals surface area contributed by atoms with Gasteiger partial charge in [-0.3, -0.25) is 4.79 Å². The Morgan fingerprint density at radius 1 is 1.15 bits per heavy atom. The van der Waals surface area contributed by atoms with Crippen molar-refractivity contribution in [1.29, 1.82) is 0 Å². The summed E-state index contributed by atoms with van der Waals surface area (Å²) in [5, 5.41) is 10.8. The lowest BCUT2D eigenvalue weighted by atomic mass is 10.2. The zero-order chi connectivity index (χ0) is 18.9. The largest absolute Gasteiger partial charge is 0.416 e. The number of halogens is 4. The summed E-state index contributed by atoms with van der Waals surface area (Å²) in [6.07, 6.45) is -4.47. The maximum atomic E-state index is 12.9. The average molecular weight is 381 g/mol. The molecule has 0 radical (unpaired) electrons. The molecule has 3 rings (SSSR count). The fourth-order valence-electron chi connectivity index (χ4n) is 2.32. The predicted octanol–water partition coefficient (Wildman–Crippen LogP) is 4.50. The van der Waals surface area contributed by atoms with Crippen molar-refractivity contribution in [2.75, 3.05) is 5.32 Å². The van der Waals surface area contributed by atoms with E-state index in [4.69, 9.17) is 11.6 Å². The van der Waals surface area contributed by atoms with Crippen LogP contribution in [0.25, 0.3) is 5.69 Å². The van der Waals surface area contributed by atoms with Crippen molar-refractivity contribution in [1.82, 2.24) is 15.0 Å².